The van der Waals surface area contributed by atoms with Crippen LogP contribution < -0.4 is 4.90 Å². The van der Waals surface area contributed by atoms with E-state index in [9.17, 15) is 4.79 Å². The number of carbonyl (C=O) groups excluding carboxylic acids is 1. The van der Waals surface area contributed by atoms with Crippen molar-refractivity contribution >= 4 is 22.6 Å². The molecule has 0 bridgehead atoms. The Morgan fingerprint density at radius 2 is 1.93 bits per heavy atom. The third-order valence-electron chi connectivity index (χ3n) is 5.96. The monoisotopic (exact) mass is 367 g/mol. The van der Waals surface area contributed by atoms with Gasteiger partial charge in [0.05, 0.1) is 5.52 Å². The summed E-state index contributed by atoms with van der Waals surface area (Å²) in [6, 6.07) is 8.20. The Hall–Kier alpha value is -2.21. The van der Waals surface area contributed by atoms with Gasteiger partial charge in [0.1, 0.15) is 12.1 Å². The highest BCUT2D eigenvalue weighted by molar-refractivity contribution is 5.89. The third-order valence-corrected chi connectivity index (χ3v) is 5.96. The minimum Gasteiger partial charge on any atom is -0.356 e. The van der Waals surface area contributed by atoms with Gasteiger partial charge in [0.2, 0.25) is 5.91 Å². The van der Waals surface area contributed by atoms with Gasteiger partial charge in [-0.05, 0) is 44.4 Å². The summed E-state index contributed by atoms with van der Waals surface area (Å²) in [4.78, 5) is 28.2. The van der Waals surface area contributed by atoms with Crippen molar-refractivity contribution in [3.63, 3.8) is 0 Å². The lowest BCUT2D eigenvalue weighted by Crippen LogP contribution is -2.47. The molecule has 2 aromatic rings. The highest BCUT2D eigenvalue weighted by Crippen LogP contribution is 2.29. The summed E-state index contributed by atoms with van der Waals surface area (Å²) in [6.07, 6.45) is 5.68. The summed E-state index contributed by atoms with van der Waals surface area (Å²) in [7, 11) is 2.12. The standard InChI is InChI=1S/C21H29N5O/c1-24-11-13-25(14-12-24)20(27)9-8-17-5-4-10-26(15-17)21-18-6-2-3-7-19(18)22-16-23-21/h2-3,6-7,16-17H,4-5,8-15H2,1H3/t17-/m0/s1. The summed E-state index contributed by atoms with van der Waals surface area (Å²) in [5, 5.41) is 1.12. The molecule has 0 spiro atoms. The highest BCUT2D eigenvalue weighted by Gasteiger charge is 2.25. The number of benzene rings is 1. The van der Waals surface area contributed by atoms with E-state index >= 15 is 0 Å². The zero-order valence-electron chi connectivity index (χ0n) is 16.2. The molecule has 27 heavy (non-hydrogen) atoms. The first-order chi connectivity index (χ1) is 13.2. The van der Waals surface area contributed by atoms with Gasteiger partial charge in [0, 0.05) is 51.1 Å². The molecule has 0 aliphatic carbocycles. The maximum Gasteiger partial charge on any atom is 0.222 e. The Bertz CT molecular complexity index is 782. The van der Waals surface area contributed by atoms with Crippen LogP contribution in [0.1, 0.15) is 25.7 Å². The number of aromatic nitrogens is 2. The molecule has 4 rings (SSSR count). The normalized spacial score (nSPS) is 21.6. The van der Waals surface area contributed by atoms with Crippen LogP contribution in [-0.4, -0.2) is 72.0 Å². The number of nitrogens with zero attached hydrogens (tertiary/aromatic N) is 5. The molecule has 1 amide bonds. The van der Waals surface area contributed by atoms with Crippen LogP contribution in [-0.2, 0) is 4.79 Å². The Kier molecular flexibility index (Phi) is 5.53. The Morgan fingerprint density at radius 3 is 2.78 bits per heavy atom. The van der Waals surface area contributed by atoms with E-state index in [1.807, 2.05) is 23.1 Å². The van der Waals surface area contributed by atoms with Gasteiger partial charge >= 0.3 is 0 Å². The fourth-order valence-corrected chi connectivity index (χ4v) is 4.28. The molecule has 1 atom stereocenters. The number of likely N-dealkylation sites (N-methyl/N-ethyl adjacent to an activating group) is 1. The van der Waals surface area contributed by atoms with Gasteiger partial charge in [-0.1, -0.05) is 12.1 Å². The summed E-state index contributed by atoms with van der Waals surface area (Å²) >= 11 is 0. The molecule has 2 fully saturated rings. The molecule has 2 saturated heterocycles. The minimum absolute atomic E-state index is 0.327. The van der Waals surface area contributed by atoms with Crippen LogP contribution in [0.2, 0.25) is 0 Å². The second kappa shape index (κ2) is 8.21. The van der Waals surface area contributed by atoms with Gasteiger partial charge in [-0.2, -0.15) is 0 Å². The van der Waals surface area contributed by atoms with E-state index in [4.69, 9.17) is 0 Å². The van der Waals surface area contributed by atoms with Gasteiger partial charge in [-0.25, -0.2) is 9.97 Å². The second-order valence-electron chi connectivity index (χ2n) is 7.89. The lowest BCUT2D eigenvalue weighted by molar-refractivity contribution is -0.133. The maximum absolute atomic E-state index is 12.5. The molecule has 0 N–H and O–H groups in total. The van der Waals surface area contributed by atoms with Crippen molar-refractivity contribution < 1.29 is 4.79 Å². The number of carbonyl (C=O) groups is 1. The van der Waals surface area contributed by atoms with Crippen molar-refractivity contribution in [2.75, 3.05) is 51.2 Å². The van der Waals surface area contributed by atoms with Gasteiger partial charge in [0.15, 0.2) is 0 Å². The van der Waals surface area contributed by atoms with E-state index in [0.29, 0.717) is 18.2 Å². The predicted octanol–water partition coefficient (Wildman–Crippen LogP) is 2.40. The fraction of sp³-hybridized carbons (Fsp3) is 0.571. The fourth-order valence-electron chi connectivity index (χ4n) is 4.28. The maximum atomic E-state index is 12.5. The molecule has 0 unspecified atom stereocenters. The number of amides is 1. The Balaban J connectivity index is 1.36. The highest BCUT2D eigenvalue weighted by atomic mass is 16.2. The molecule has 2 aliphatic heterocycles. The molecule has 6 heteroatoms. The molecular formula is C21H29N5O. The zero-order chi connectivity index (χ0) is 18.6. The molecule has 1 aromatic carbocycles. The molecule has 6 nitrogen and oxygen atoms in total. The average Bonchev–Trinajstić information content (AvgIpc) is 2.72. The first-order valence-corrected chi connectivity index (χ1v) is 10.1. The van der Waals surface area contributed by atoms with Crippen LogP contribution in [0.25, 0.3) is 10.9 Å². The first kappa shape index (κ1) is 18.2. The van der Waals surface area contributed by atoms with Crippen LogP contribution in [0.4, 0.5) is 5.82 Å². The predicted molar refractivity (Wildman–Crippen MR) is 108 cm³/mol. The zero-order valence-corrected chi connectivity index (χ0v) is 16.2. The number of rotatable bonds is 4. The van der Waals surface area contributed by atoms with E-state index in [2.05, 4.69) is 32.9 Å². The summed E-state index contributed by atoms with van der Waals surface area (Å²) in [5.41, 5.74) is 0.995. The van der Waals surface area contributed by atoms with E-state index in [1.54, 1.807) is 6.33 Å². The number of anilines is 1. The van der Waals surface area contributed by atoms with Crippen LogP contribution in [0.15, 0.2) is 30.6 Å². The topological polar surface area (TPSA) is 52.6 Å². The van der Waals surface area contributed by atoms with Crippen molar-refractivity contribution in [2.45, 2.75) is 25.7 Å². The molecule has 1 aromatic heterocycles. The summed E-state index contributed by atoms with van der Waals surface area (Å²) in [6.45, 7) is 5.74. The van der Waals surface area contributed by atoms with Gasteiger partial charge in [-0.3, -0.25) is 4.79 Å². The molecule has 0 radical (unpaired) electrons. The van der Waals surface area contributed by atoms with E-state index in [-0.39, 0.29) is 0 Å². The summed E-state index contributed by atoms with van der Waals surface area (Å²) in [5.74, 6) is 1.92. The van der Waals surface area contributed by atoms with Crippen molar-refractivity contribution in [3.05, 3.63) is 30.6 Å². The van der Waals surface area contributed by atoms with Crippen LogP contribution in [0.3, 0.4) is 0 Å². The van der Waals surface area contributed by atoms with Gasteiger partial charge in [-0.15, -0.1) is 0 Å². The summed E-state index contributed by atoms with van der Waals surface area (Å²) < 4.78 is 0. The Morgan fingerprint density at radius 1 is 1.11 bits per heavy atom. The molecular weight excluding hydrogens is 338 g/mol. The number of para-hydroxylation sites is 1. The van der Waals surface area contributed by atoms with Crippen LogP contribution in [0.5, 0.6) is 0 Å². The van der Waals surface area contributed by atoms with Gasteiger partial charge < -0.3 is 14.7 Å². The quantitative estimate of drug-likeness (QED) is 0.831. The number of hydrogen-bond acceptors (Lipinski definition) is 5. The van der Waals surface area contributed by atoms with Crippen molar-refractivity contribution in [3.8, 4) is 0 Å². The molecule has 0 saturated carbocycles. The third kappa shape index (κ3) is 4.21. The lowest BCUT2D eigenvalue weighted by atomic mass is 9.93. The number of piperazine rings is 1. The van der Waals surface area contributed by atoms with Crippen molar-refractivity contribution in [1.29, 1.82) is 0 Å². The lowest BCUT2D eigenvalue weighted by Gasteiger charge is -2.35. The number of fused-ring (bicyclic) bond motifs is 1. The van der Waals surface area contributed by atoms with E-state index < -0.39 is 0 Å². The Labute approximate surface area is 161 Å². The van der Waals surface area contributed by atoms with E-state index in [1.165, 1.54) is 6.42 Å². The van der Waals surface area contributed by atoms with Crippen molar-refractivity contribution in [1.82, 2.24) is 19.8 Å². The minimum atomic E-state index is 0.327. The van der Waals surface area contributed by atoms with Crippen molar-refractivity contribution in [2.24, 2.45) is 5.92 Å². The van der Waals surface area contributed by atoms with Crippen LogP contribution >= 0.6 is 0 Å². The smallest absolute Gasteiger partial charge is 0.222 e. The number of hydrogen-bond donors (Lipinski definition) is 0. The first-order valence-electron chi connectivity index (χ1n) is 10.1. The largest absolute Gasteiger partial charge is 0.356 e. The SMILES string of the molecule is CN1CCN(C(=O)CC[C@@H]2CCCN(c3ncnc4ccccc34)C2)CC1. The molecule has 144 valence electrons. The second-order valence-corrected chi connectivity index (χ2v) is 7.89. The van der Waals surface area contributed by atoms with Gasteiger partial charge in [0.25, 0.3) is 0 Å². The average molecular weight is 367 g/mol. The number of piperidine rings is 1. The van der Waals surface area contributed by atoms with E-state index in [0.717, 1.165) is 68.8 Å². The van der Waals surface area contributed by atoms with Crippen LogP contribution in [0, 0.1) is 5.92 Å². The molecule has 3 heterocycles. The molecule has 2 aliphatic rings.